The van der Waals surface area contributed by atoms with E-state index in [2.05, 4.69) is 15.8 Å². The second kappa shape index (κ2) is 11.2. The lowest BCUT2D eigenvalue weighted by molar-refractivity contribution is -0.255. The zero-order valence-electron chi connectivity index (χ0n) is 16.0. The number of nitrogens with one attached hydrogen (secondary N) is 2. The Morgan fingerprint density at radius 1 is 1.10 bits per heavy atom. The molecule has 0 spiro atoms. The average molecular weight is 396 g/mol. The number of benzene rings is 2. The number of nitrogens with zero attached hydrogens (tertiary/aromatic N) is 1. The number of hydrogen-bond acceptors (Lipinski definition) is 6. The van der Waals surface area contributed by atoms with Gasteiger partial charge in [-0.25, -0.2) is 5.43 Å². The van der Waals surface area contributed by atoms with Gasteiger partial charge in [-0.2, -0.15) is 5.10 Å². The van der Waals surface area contributed by atoms with Crippen molar-refractivity contribution in [2.75, 3.05) is 6.54 Å². The van der Waals surface area contributed by atoms with Crippen molar-refractivity contribution >= 4 is 24.0 Å². The molecule has 8 heteroatoms. The van der Waals surface area contributed by atoms with Crippen LogP contribution in [-0.4, -0.2) is 30.5 Å². The highest BCUT2D eigenvalue weighted by Crippen LogP contribution is 2.14. The maximum Gasteiger partial charge on any atom is 0.329 e. The minimum Gasteiger partial charge on any atom is -0.545 e. The molecule has 29 heavy (non-hydrogen) atoms. The average Bonchev–Trinajstić information content (AvgIpc) is 2.73. The van der Waals surface area contributed by atoms with E-state index in [1.807, 2.05) is 6.92 Å². The molecule has 2 rings (SSSR count). The molecular formula is C21H22N3O5-. The third-order valence-electron chi connectivity index (χ3n) is 3.86. The normalized spacial score (nSPS) is 10.5. The molecule has 2 amide bonds. The van der Waals surface area contributed by atoms with Gasteiger partial charge in [-0.1, -0.05) is 49.7 Å². The number of carbonyl (C=O) groups is 3. The van der Waals surface area contributed by atoms with Crippen LogP contribution in [-0.2, 0) is 16.2 Å². The maximum absolute atomic E-state index is 11.6. The summed E-state index contributed by atoms with van der Waals surface area (Å²) in [4.78, 5) is 33.9. The van der Waals surface area contributed by atoms with Gasteiger partial charge in [-0.15, -0.1) is 0 Å². The number of unbranched alkanes of at least 4 members (excludes halogenated alkanes) is 1. The Hall–Kier alpha value is -3.68. The standard InChI is InChI=1S/C21H23N3O5/c1-2-3-11-22-19(25)20(26)24-23-13-16-5-4-6-18(12-16)29-14-15-7-9-17(10-8-15)21(27)28/h4-10,12-13H,2-3,11,14H2,1H3,(H,22,25)(H,24,26)(H,27,28)/p-1/b23-13-. The van der Waals surface area contributed by atoms with Crippen molar-refractivity contribution in [1.82, 2.24) is 10.7 Å². The van der Waals surface area contributed by atoms with Crippen molar-refractivity contribution in [3.63, 3.8) is 0 Å². The molecule has 0 heterocycles. The third-order valence-corrected chi connectivity index (χ3v) is 3.86. The first-order valence-electron chi connectivity index (χ1n) is 9.14. The zero-order chi connectivity index (χ0) is 21.1. The maximum atomic E-state index is 11.6. The largest absolute Gasteiger partial charge is 0.545 e. The molecule has 0 unspecified atom stereocenters. The van der Waals surface area contributed by atoms with Crippen LogP contribution in [0.25, 0.3) is 0 Å². The number of hydrogen-bond donors (Lipinski definition) is 2. The SMILES string of the molecule is CCCCNC(=O)C(=O)N/N=C\c1cccc(OCc2ccc(C(=O)[O-])cc2)c1. The number of ether oxygens (including phenoxy) is 1. The summed E-state index contributed by atoms with van der Waals surface area (Å²) >= 11 is 0. The van der Waals surface area contributed by atoms with E-state index in [0.29, 0.717) is 17.9 Å². The lowest BCUT2D eigenvalue weighted by Crippen LogP contribution is -2.38. The number of hydrazone groups is 1. The van der Waals surface area contributed by atoms with E-state index in [9.17, 15) is 19.5 Å². The number of carbonyl (C=O) groups excluding carboxylic acids is 3. The van der Waals surface area contributed by atoms with Crippen LogP contribution in [0.5, 0.6) is 5.75 Å². The fourth-order valence-corrected chi connectivity index (χ4v) is 2.26. The fraction of sp³-hybridized carbons (Fsp3) is 0.238. The highest BCUT2D eigenvalue weighted by Gasteiger charge is 2.10. The third kappa shape index (κ3) is 7.45. The predicted molar refractivity (Wildman–Crippen MR) is 105 cm³/mol. The Morgan fingerprint density at radius 3 is 2.55 bits per heavy atom. The summed E-state index contributed by atoms with van der Waals surface area (Å²) in [6, 6.07) is 13.2. The van der Waals surface area contributed by atoms with Crippen molar-refractivity contribution in [2.45, 2.75) is 26.4 Å². The van der Waals surface area contributed by atoms with Crippen molar-refractivity contribution in [3.8, 4) is 5.75 Å². The molecule has 152 valence electrons. The van der Waals surface area contributed by atoms with Crippen molar-refractivity contribution in [3.05, 3.63) is 65.2 Å². The molecule has 8 nitrogen and oxygen atoms in total. The first-order valence-corrected chi connectivity index (χ1v) is 9.14. The van der Waals surface area contributed by atoms with Crippen molar-refractivity contribution < 1.29 is 24.2 Å². The van der Waals surface area contributed by atoms with Gasteiger partial charge in [-0.3, -0.25) is 9.59 Å². The second-order valence-corrected chi connectivity index (χ2v) is 6.15. The minimum absolute atomic E-state index is 0.105. The predicted octanol–water partition coefficient (Wildman–Crippen LogP) is 0.995. The summed E-state index contributed by atoms with van der Waals surface area (Å²) in [6.07, 6.45) is 3.12. The highest BCUT2D eigenvalue weighted by atomic mass is 16.5. The molecule has 0 saturated carbocycles. The van der Waals surface area contributed by atoms with Gasteiger partial charge in [-0.05, 0) is 35.2 Å². The first kappa shape index (κ1) is 21.6. The summed E-state index contributed by atoms with van der Waals surface area (Å²) < 4.78 is 5.68. The Morgan fingerprint density at radius 2 is 1.86 bits per heavy atom. The summed E-state index contributed by atoms with van der Waals surface area (Å²) in [6.45, 7) is 2.69. The van der Waals surface area contributed by atoms with Gasteiger partial charge in [0.05, 0.1) is 12.2 Å². The topological polar surface area (TPSA) is 120 Å². The summed E-state index contributed by atoms with van der Waals surface area (Å²) in [7, 11) is 0. The molecule has 0 aromatic heterocycles. The van der Waals surface area contributed by atoms with Crippen LogP contribution in [0.15, 0.2) is 53.6 Å². The molecule has 2 N–H and O–H groups in total. The van der Waals surface area contributed by atoms with E-state index in [1.165, 1.54) is 18.3 Å². The monoisotopic (exact) mass is 396 g/mol. The van der Waals surface area contributed by atoms with E-state index in [0.717, 1.165) is 18.4 Å². The van der Waals surface area contributed by atoms with Gasteiger partial charge < -0.3 is 20.0 Å². The van der Waals surface area contributed by atoms with E-state index in [4.69, 9.17) is 4.74 Å². The molecule has 0 aliphatic carbocycles. The van der Waals surface area contributed by atoms with Gasteiger partial charge in [0.1, 0.15) is 12.4 Å². The van der Waals surface area contributed by atoms with Crippen LogP contribution in [0.1, 0.15) is 41.3 Å². The molecule has 0 fully saturated rings. The van der Waals surface area contributed by atoms with Crippen LogP contribution in [0.4, 0.5) is 0 Å². The van der Waals surface area contributed by atoms with Crippen LogP contribution in [0, 0.1) is 0 Å². The molecular weight excluding hydrogens is 374 g/mol. The fourth-order valence-electron chi connectivity index (χ4n) is 2.26. The summed E-state index contributed by atoms with van der Waals surface area (Å²) in [5.41, 5.74) is 3.75. The number of carboxylic acids is 1. The van der Waals surface area contributed by atoms with Crippen molar-refractivity contribution in [2.24, 2.45) is 5.10 Å². The Kier molecular flexibility index (Phi) is 8.37. The van der Waals surface area contributed by atoms with Crippen LogP contribution >= 0.6 is 0 Å². The molecule has 0 atom stereocenters. The molecule has 0 bridgehead atoms. The van der Waals surface area contributed by atoms with Crippen LogP contribution in [0.3, 0.4) is 0 Å². The summed E-state index contributed by atoms with van der Waals surface area (Å²) in [5.74, 6) is -2.21. The number of aromatic carboxylic acids is 1. The van der Waals surface area contributed by atoms with Crippen LogP contribution in [0.2, 0.25) is 0 Å². The molecule has 2 aromatic carbocycles. The smallest absolute Gasteiger partial charge is 0.329 e. The highest BCUT2D eigenvalue weighted by molar-refractivity contribution is 6.35. The zero-order valence-corrected chi connectivity index (χ0v) is 16.0. The van der Waals surface area contributed by atoms with E-state index >= 15 is 0 Å². The molecule has 0 aliphatic heterocycles. The van der Waals surface area contributed by atoms with Crippen LogP contribution < -0.4 is 20.6 Å². The molecule has 0 aliphatic rings. The number of amides is 2. The molecule has 2 aromatic rings. The van der Waals surface area contributed by atoms with E-state index in [1.54, 1.807) is 36.4 Å². The Bertz CT molecular complexity index is 878. The van der Waals surface area contributed by atoms with Gasteiger partial charge in [0.2, 0.25) is 0 Å². The molecule has 0 radical (unpaired) electrons. The molecule has 0 saturated heterocycles. The van der Waals surface area contributed by atoms with E-state index < -0.39 is 17.8 Å². The van der Waals surface area contributed by atoms with E-state index in [-0.39, 0.29) is 12.2 Å². The lowest BCUT2D eigenvalue weighted by atomic mass is 10.1. The Balaban J connectivity index is 1.85. The van der Waals surface area contributed by atoms with Gasteiger partial charge in [0.15, 0.2) is 0 Å². The minimum atomic E-state index is -1.23. The Labute approximate surface area is 168 Å². The summed E-state index contributed by atoms with van der Waals surface area (Å²) in [5, 5.41) is 17.0. The van der Waals surface area contributed by atoms with Gasteiger partial charge in [0, 0.05) is 6.54 Å². The van der Waals surface area contributed by atoms with Gasteiger partial charge >= 0.3 is 11.8 Å². The number of carboxylic acid groups (broad SMARTS) is 1. The quantitative estimate of drug-likeness (QED) is 0.284. The number of rotatable bonds is 9. The first-order chi connectivity index (χ1) is 14.0. The van der Waals surface area contributed by atoms with Crippen molar-refractivity contribution in [1.29, 1.82) is 0 Å². The lowest BCUT2D eigenvalue weighted by Gasteiger charge is -2.08. The second-order valence-electron chi connectivity index (χ2n) is 6.15. The van der Waals surface area contributed by atoms with Gasteiger partial charge in [0.25, 0.3) is 0 Å².